The molecule has 5 aromatic rings. The number of ether oxygens (including phenoxy) is 3. The van der Waals surface area contributed by atoms with Crippen molar-refractivity contribution in [1.82, 2.24) is 14.6 Å². The maximum absolute atomic E-state index is 14.3. The second kappa shape index (κ2) is 11.8. The van der Waals surface area contributed by atoms with Crippen LogP contribution >= 0.6 is 0 Å². The van der Waals surface area contributed by atoms with Crippen LogP contribution in [0, 0.1) is 19.7 Å². The Morgan fingerprint density at radius 1 is 0.933 bits per heavy atom. The fraction of sp³-hybridized carbons (Fsp3) is 0.250. The van der Waals surface area contributed by atoms with Crippen molar-refractivity contribution in [2.45, 2.75) is 46.3 Å². The Morgan fingerprint density at radius 3 is 2.40 bits per heavy atom. The number of hydrogen-bond acceptors (Lipinski definition) is 6. The number of carboxylic acid groups (broad SMARTS) is 1. The van der Waals surface area contributed by atoms with Crippen LogP contribution in [0.3, 0.4) is 0 Å². The average Bonchev–Trinajstić information content (AvgIpc) is 3.41. The van der Waals surface area contributed by atoms with Crippen molar-refractivity contribution in [3.05, 3.63) is 102 Å². The van der Waals surface area contributed by atoms with Gasteiger partial charge in [-0.05, 0) is 82.2 Å². The molecule has 0 spiro atoms. The number of fused-ring (bicyclic) bond motifs is 9. The summed E-state index contributed by atoms with van der Waals surface area (Å²) in [6.07, 6.45) is 2.36. The SMILES string of the molecule is Cc1ccc2cc1OC/C=C\COc1cc(F)ccc1-c1cccc(c1)-c1cc3nc(C)c([C@H](OC(C)(C)C)C(=O)O)c-2n3n1. The van der Waals surface area contributed by atoms with Crippen LogP contribution in [0.1, 0.15) is 43.7 Å². The van der Waals surface area contributed by atoms with Gasteiger partial charge in [0.2, 0.25) is 0 Å². The molecule has 0 saturated carbocycles. The summed E-state index contributed by atoms with van der Waals surface area (Å²) in [5.74, 6) is -0.477. The van der Waals surface area contributed by atoms with E-state index in [9.17, 15) is 14.3 Å². The van der Waals surface area contributed by atoms with E-state index in [1.807, 2.05) is 88.4 Å². The topological polar surface area (TPSA) is 95.2 Å². The molecule has 8 nitrogen and oxygen atoms in total. The smallest absolute Gasteiger partial charge is 0.337 e. The average molecular weight is 608 g/mol. The molecule has 9 heteroatoms. The number of aryl methyl sites for hydroxylation is 2. The predicted molar refractivity (Wildman–Crippen MR) is 170 cm³/mol. The summed E-state index contributed by atoms with van der Waals surface area (Å²) in [5, 5.41) is 15.4. The van der Waals surface area contributed by atoms with Gasteiger partial charge in [0.1, 0.15) is 30.5 Å². The van der Waals surface area contributed by atoms with E-state index in [0.29, 0.717) is 45.4 Å². The molecule has 6 rings (SSSR count). The molecule has 3 heterocycles. The first-order valence-corrected chi connectivity index (χ1v) is 14.7. The molecule has 3 aromatic carbocycles. The van der Waals surface area contributed by atoms with Crippen LogP contribution < -0.4 is 9.47 Å². The Morgan fingerprint density at radius 2 is 1.67 bits per heavy atom. The Balaban J connectivity index is 1.64. The third-order valence-corrected chi connectivity index (χ3v) is 7.50. The lowest BCUT2D eigenvalue weighted by atomic mass is 9.98. The van der Waals surface area contributed by atoms with Crippen LogP contribution in [0.4, 0.5) is 4.39 Å². The summed E-state index contributed by atoms with van der Waals surface area (Å²) in [4.78, 5) is 17.6. The van der Waals surface area contributed by atoms with Gasteiger partial charge in [-0.3, -0.25) is 0 Å². The Kier molecular flexibility index (Phi) is 7.88. The highest BCUT2D eigenvalue weighted by Gasteiger charge is 2.33. The first-order valence-electron chi connectivity index (χ1n) is 14.7. The van der Waals surface area contributed by atoms with Crippen LogP contribution in [0.5, 0.6) is 11.5 Å². The second-order valence-electron chi connectivity index (χ2n) is 12.0. The van der Waals surface area contributed by atoms with Gasteiger partial charge in [0.15, 0.2) is 11.8 Å². The normalized spacial score (nSPS) is 14.5. The maximum atomic E-state index is 14.3. The summed E-state index contributed by atoms with van der Waals surface area (Å²) in [7, 11) is 0. The van der Waals surface area contributed by atoms with Gasteiger partial charge in [0.05, 0.1) is 17.0 Å². The van der Waals surface area contributed by atoms with E-state index in [1.54, 1.807) is 17.5 Å². The Hall–Kier alpha value is -5.02. The van der Waals surface area contributed by atoms with Gasteiger partial charge in [-0.25, -0.2) is 18.7 Å². The van der Waals surface area contributed by atoms with Gasteiger partial charge in [0, 0.05) is 40.1 Å². The van der Waals surface area contributed by atoms with Gasteiger partial charge in [0.25, 0.3) is 0 Å². The zero-order valence-electron chi connectivity index (χ0n) is 25.8. The first-order chi connectivity index (χ1) is 21.5. The fourth-order valence-corrected chi connectivity index (χ4v) is 5.47. The molecule has 0 unspecified atom stereocenters. The van der Waals surface area contributed by atoms with Gasteiger partial charge in [-0.15, -0.1) is 0 Å². The molecule has 0 fully saturated rings. The number of nitrogens with zero attached hydrogens (tertiary/aromatic N) is 3. The van der Waals surface area contributed by atoms with Crippen molar-refractivity contribution in [1.29, 1.82) is 0 Å². The summed E-state index contributed by atoms with van der Waals surface area (Å²) in [6.45, 7) is 9.68. The zero-order valence-corrected chi connectivity index (χ0v) is 25.8. The highest BCUT2D eigenvalue weighted by molar-refractivity contribution is 5.82. The molecule has 2 aromatic heterocycles. The molecule has 1 N–H and O–H groups in total. The third kappa shape index (κ3) is 6.17. The van der Waals surface area contributed by atoms with Crippen LogP contribution in [0.25, 0.3) is 39.3 Å². The van der Waals surface area contributed by atoms with Crippen LogP contribution in [0.2, 0.25) is 0 Å². The van der Waals surface area contributed by atoms with Crippen molar-refractivity contribution >= 4 is 11.6 Å². The molecular weight excluding hydrogens is 573 g/mol. The van der Waals surface area contributed by atoms with Crippen molar-refractivity contribution < 1.29 is 28.5 Å². The highest BCUT2D eigenvalue weighted by Crippen LogP contribution is 2.39. The summed E-state index contributed by atoms with van der Waals surface area (Å²) in [6, 6.07) is 19.8. The quantitative estimate of drug-likeness (QED) is 0.210. The number of rotatable bonds is 3. The minimum absolute atomic E-state index is 0.226. The zero-order chi connectivity index (χ0) is 31.9. The molecule has 1 aliphatic heterocycles. The minimum atomic E-state index is -1.31. The number of aliphatic carboxylic acids is 1. The van der Waals surface area contributed by atoms with Gasteiger partial charge < -0.3 is 19.3 Å². The van der Waals surface area contributed by atoms with Gasteiger partial charge in [-0.1, -0.05) is 30.3 Å². The van der Waals surface area contributed by atoms with Crippen LogP contribution in [-0.4, -0.2) is 44.5 Å². The molecule has 0 saturated heterocycles. The second-order valence-corrected chi connectivity index (χ2v) is 12.0. The summed E-state index contributed by atoms with van der Waals surface area (Å²) < 4.78 is 34.2. The van der Waals surface area contributed by atoms with Crippen molar-refractivity contribution in [2.75, 3.05) is 13.2 Å². The summed E-state index contributed by atoms with van der Waals surface area (Å²) >= 11 is 0. The number of hydrogen-bond donors (Lipinski definition) is 1. The number of benzene rings is 3. The number of halogens is 1. The van der Waals surface area contributed by atoms with Gasteiger partial charge >= 0.3 is 5.97 Å². The molecule has 230 valence electrons. The molecule has 0 aliphatic carbocycles. The van der Waals surface area contributed by atoms with Gasteiger partial charge in [-0.2, -0.15) is 5.10 Å². The van der Waals surface area contributed by atoms with E-state index in [4.69, 9.17) is 24.3 Å². The van der Waals surface area contributed by atoms with Crippen molar-refractivity contribution in [3.8, 4) is 45.1 Å². The van der Waals surface area contributed by atoms with E-state index >= 15 is 0 Å². The molecule has 1 atom stereocenters. The minimum Gasteiger partial charge on any atom is -0.489 e. The summed E-state index contributed by atoms with van der Waals surface area (Å²) in [5.41, 5.74) is 5.86. The standard InChI is InChI=1S/C36H34FN3O5/c1-21-11-12-25-18-29(21)43-15-6-7-16-44-30-19-26(37)13-14-27(30)23-9-8-10-24(17-23)28-20-31-38-22(2)32(33(25)40(31)39-28)34(35(41)42)45-36(3,4)5/h6-14,17-20,34H,15-16H2,1-5H3,(H,41,42)/b7-6-/t34-/m0/s1. The van der Waals surface area contributed by atoms with Crippen LogP contribution in [-0.2, 0) is 9.53 Å². The van der Waals surface area contributed by atoms with E-state index in [1.165, 1.54) is 12.1 Å². The lowest BCUT2D eigenvalue weighted by molar-refractivity contribution is -0.160. The Labute approximate surface area is 260 Å². The highest BCUT2D eigenvalue weighted by atomic mass is 19.1. The predicted octanol–water partition coefficient (Wildman–Crippen LogP) is 7.75. The van der Waals surface area contributed by atoms with Crippen molar-refractivity contribution in [2.24, 2.45) is 0 Å². The molecule has 0 radical (unpaired) electrons. The number of carboxylic acids is 1. The monoisotopic (exact) mass is 607 g/mol. The van der Waals surface area contributed by atoms with Crippen molar-refractivity contribution in [3.63, 3.8) is 0 Å². The third-order valence-electron chi connectivity index (χ3n) is 7.50. The van der Waals surface area contributed by atoms with E-state index < -0.39 is 23.5 Å². The van der Waals surface area contributed by atoms with Crippen LogP contribution in [0.15, 0.2) is 78.9 Å². The largest absolute Gasteiger partial charge is 0.489 e. The lowest BCUT2D eigenvalue weighted by Gasteiger charge is -2.27. The molecule has 6 bridgehead atoms. The number of carbonyl (C=O) groups is 1. The molecule has 45 heavy (non-hydrogen) atoms. The van der Waals surface area contributed by atoms with E-state index in [-0.39, 0.29) is 13.2 Å². The molecule has 0 amide bonds. The number of aromatic nitrogens is 3. The van der Waals surface area contributed by atoms with E-state index in [0.717, 1.165) is 22.3 Å². The van der Waals surface area contributed by atoms with E-state index in [2.05, 4.69) is 0 Å². The molecule has 1 aliphatic rings. The molecular formula is C36H34FN3O5. The first kappa shape index (κ1) is 30.0. The maximum Gasteiger partial charge on any atom is 0.337 e. The fourth-order valence-electron chi connectivity index (χ4n) is 5.47. The Bertz CT molecular complexity index is 1960. The lowest BCUT2D eigenvalue weighted by Crippen LogP contribution is -2.29.